The van der Waals surface area contributed by atoms with E-state index in [2.05, 4.69) is 20.9 Å². The normalized spacial score (nSPS) is 23.6. The Labute approximate surface area is 289 Å². The largest absolute Gasteiger partial charge is 0.479 e. The number of urea groups is 2. The van der Waals surface area contributed by atoms with E-state index >= 15 is 0 Å². The van der Waals surface area contributed by atoms with Gasteiger partial charge in [-0.05, 0) is 34.6 Å². The quantitative estimate of drug-likeness (QED) is 0.213. The van der Waals surface area contributed by atoms with Gasteiger partial charge in [-0.25, -0.2) is 29.8 Å². The lowest BCUT2D eigenvalue weighted by molar-refractivity contribution is -0.145. The highest BCUT2D eigenvalue weighted by molar-refractivity contribution is 8.02. The van der Waals surface area contributed by atoms with Crippen LogP contribution < -0.4 is 16.2 Å². The van der Waals surface area contributed by atoms with E-state index in [4.69, 9.17) is 4.84 Å². The highest BCUT2D eigenvalue weighted by Crippen LogP contribution is 2.59. The number of hydrogen-bond donors (Lipinski definition) is 3. The monoisotopic (exact) mass is 715 g/mol. The number of carboxylic acids is 1. The Hall–Kier alpha value is -4.58. The summed E-state index contributed by atoms with van der Waals surface area (Å²) in [4.78, 5) is 98.9. The molecular weight excluding hydrogens is 679 g/mol. The molecule has 16 nitrogen and oxygen atoms in total. The fourth-order valence-electron chi connectivity index (χ4n) is 5.88. The number of pyridine rings is 1. The van der Waals surface area contributed by atoms with Gasteiger partial charge in [-0.15, -0.1) is 23.1 Å². The third kappa shape index (κ3) is 6.83. The van der Waals surface area contributed by atoms with E-state index in [0.29, 0.717) is 16.3 Å². The zero-order valence-electron chi connectivity index (χ0n) is 27.8. The number of fused-ring (bicyclic) bond motifs is 1. The molecule has 2 saturated heterocycles. The minimum Gasteiger partial charge on any atom is -0.479 e. The lowest BCUT2D eigenvalue weighted by Crippen LogP contribution is -2.55. The number of hydrogen-bond acceptors (Lipinski definition) is 12. The number of nitrogens with one attached hydrogen (secondary N) is 2. The van der Waals surface area contributed by atoms with Crippen molar-refractivity contribution >= 4 is 64.2 Å². The number of aromatic nitrogens is 2. The Kier molecular flexibility index (Phi) is 9.75. The number of thioether (sulfide) groups is 1. The van der Waals surface area contributed by atoms with E-state index in [1.807, 2.05) is 0 Å². The number of amides is 4. The first-order valence-corrected chi connectivity index (χ1v) is 17.2. The van der Waals surface area contributed by atoms with Crippen molar-refractivity contribution in [3.63, 3.8) is 0 Å². The van der Waals surface area contributed by atoms with Crippen molar-refractivity contribution in [2.45, 2.75) is 69.7 Å². The molecule has 18 heteroatoms. The first-order valence-electron chi connectivity index (χ1n) is 15.4. The second-order valence-electron chi connectivity index (χ2n) is 12.8. The molecule has 2 aliphatic heterocycles. The number of Topliss-reactive ketones (excluding diaryl/α,β-unsaturated/α-hetero) is 3. The molecule has 0 bridgehead atoms. The van der Waals surface area contributed by atoms with Crippen molar-refractivity contribution in [3.8, 4) is 0 Å². The molecule has 49 heavy (non-hydrogen) atoms. The number of aryl methyl sites for hydroxylation is 3. The zero-order chi connectivity index (χ0) is 36.0. The highest BCUT2D eigenvalue weighted by Gasteiger charge is 2.67. The van der Waals surface area contributed by atoms with Crippen molar-refractivity contribution in [3.05, 3.63) is 49.8 Å². The van der Waals surface area contributed by atoms with Crippen molar-refractivity contribution in [1.29, 1.82) is 0 Å². The molecule has 3 aliphatic rings. The summed E-state index contributed by atoms with van der Waals surface area (Å²) in [6.45, 7) is 7.71. The number of thiazole rings is 1. The van der Waals surface area contributed by atoms with Crippen LogP contribution in [0.15, 0.2) is 27.6 Å². The van der Waals surface area contributed by atoms with Crippen molar-refractivity contribution < 1.29 is 38.7 Å². The number of carboxylic acid groups (broad SMARTS) is 1. The Morgan fingerprint density at radius 3 is 2.53 bits per heavy atom. The Balaban J connectivity index is 1.26. The van der Waals surface area contributed by atoms with Gasteiger partial charge in [0.25, 0.3) is 0 Å². The van der Waals surface area contributed by atoms with Crippen LogP contribution in [0, 0.1) is 25.7 Å². The molecule has 262 valence electrons. The smallest absolute Gasteiger partial charge is 0.340 e. The van der Waals surface area contributed by atoms with Gasteiger partial charge in [-0.3, -0.25) is 24.1 Å². The van der Waals surface area contributed by atoms with Gasteiger partial charge in [0, 0.05) is 72.4 Å². The highest BCUT2D eigenvalue weighted by atomic mass is 32.2. The number of nitrogens with zero attached hydrogens (tertiary/aromatic N) is 5. The van der Waals surface area contributed by atoms with Crippen LogP contribution in [0.3, 0.4) is 0 Å². The minimum absolute atomic E-state index is 0.000785. The molecule has 4 heterocycles. The number of hydrazine groups is 1. The van der Waals surface area contributed by atoms with E-state index in [-0.39, 0.29) is 60.9 Å². The maximum Gasteiger partial charge on any atom is 0.340 e. The molecule has 2 aromatic rings. The molecule has 3 fully saturated rings. The number of aliphatic carboxylic acids is 1. The summed E-state index contributed by atoms with van der Waals surface area (Å²) in [6.07, 6.45) is 1.19. The lowest BCUT2D eigenvalue weighted by atomic mass is 9.68. The molecule has 2 aromatic heterocycles. The third-order valence-electron chi connectivity index (χ3n) is 9.07. The second kappa shape index (κ2) is 13.4. The van der Waals surface area contributed by atoms with Gasteiger partial charge in [0.1, 0.15) is 11.5 Å². The molecule has 1 unspecified atom stereocenters. The molecule has 0 aromatic carbocycles. The summed E-state index contributed by atoms with van der Waals surface area (Å²) in [5.41, 5.74) is 2.10. The second-order valence-corrected chi connectivity index (χ2v) is 15.3. The van der Waals surface area contributed by atoms with Crippen LogP contribution in [0.25, 0.3) is 0 Å². The van der Waals surface area contributed by atoms with Gasteiger partial charge in [-0.1, -0.05) is 5.16 Å². The topological polar surface area (TPSA) is 210 Å². The van der Waals surface area contributed by atoms with E-state index in [1.165, 1.54) is 38.2 Å². The number of oxime groups is 1. The average molecular weight is 716 g/mol. The first kappa shape index (κ1) is 35.7. The summed E-state index contributed by atoms with van der Waals surface area (Å²) in [5, 5.41) is 19.7. The van der Waals surface area contributed by atoms with Crippen LogP contribution in [-0.2, 0) is 37.6 Å². The van der Waals surface area contributed by atoms with Crippen LogP contribution in [0.2, 0.25) is 0 Å². The van der Waals surface area contributed by atoms with Crippen LogP contribution in [0.5, 0.6) is 0 Å². The van der Waals surface area contributed by atoms with Crippen LogP contribution >= 0.6 is 23.1 Å². The SMILES string of the molecule is CC(=O)C(C)(C)O/N=C(\C(=O)C[C@@H]1C(=O)C2C[C@@](C(=O)O)(N3CCN(NC(=O)NCc4cc(=O)c(C)cn4C)C3=O)S[C@@H]21)c1csc(C)n1. The molecule has 3 N–H and O–H groups in total. The van der Waals surface area contributed by atoms with Crippen LogP contribution in [-0.4, -0.2) is 94.5 Å². The van der Waals surface area contributed by atoms with Gasteiger partial charge >= 0.3 is 18.0 Å². The Morgan fingerprint density at radius 2 is 1.90 bits per heavy atom. The minimum atomic E-state index is -1.80. The number of carbonyl (C=O) groups is 6. The summed E-state index contributed by atoms with van der Waals surface area (Å²) < 4.78 is 1.70. The van der Waals surface area contributed by atoms with Crippen molar-refractivity contribution in [2.75, 3.05) is 13.1 Å². The lowest BCUT2D eigenvalue weighted by Gasteiger charge is -2.37. The summed E-state index contributed by atoms with van der Waals surface area (Å²) in [7, 11) is 1.73. The van der Waals surface area contributed by atoms with Gasteiger partial charge in [0.15, 0.2) is 33.2 Å². The van der Waals surface area contributed by atoms with E-state index in [9.17, 15) is 38.7 Å². The summed E-state index contributed by atoms with van der Waals surface area (Å²) >= 11 is 2.23. The van der Waals surface area contributed by atoms with Gasteiger partial charge in [0.05, 0.1) is 18.1 Å². The predicted molar refractivity (Wildman–Crippen MR) is 178 cm³/mol. The van der Waals surface area contributed by atoms with Gasteiger partial charge in [-0.2, -0.15) is 0 Å². The molecular formula is C31H37N7O9S2. The maximum absolute atomic E-state index is 13.6. The van der Waals surface area contributed by atoms with Crippen LogP contribution in [0.1, 0.15) is 55.6 Å². The third-order valence-corrected chi connectivity index (χ3v) is 11.7. The summed E-state index contributed by atoms with van der Waals surface area (Å²) in [6, 6.07) is -0.0871. The van der Waals surface area contributed by atoms with Crippen molar-refractivity contribution in [1.82, 2.24) is 30.2 Å². The molecule has 4 atom stereocenters. The van der Waals surface area contributed by atoms with Gasteiger partial charge < -0.3 is 19.8 Å². The van der Waals surface area contributed by atoms with E-state index in [0.717, 1.165) is 21.7 Å². The Bertz CT molecular complexity index is 1840. The van der Waals surface area contributed by atoms with E-state index in [1.54, 1.807) is 37.0 Å². The predicted octanol–water partition coefficient (Wildman–Crippen LogP) is 1.76. The number of carbonyl (C=O) groups excluding carboxylic acids is 5. The first-order chi connectivity index (χ1) is 22.9. The molecule has 1 saturated carbocycles. The molecule has 1 aliphatic carbocycles. The standard InChI is InChI=1S/C31H37N7O9S2/c1-15-13-36(6)18(9-22(15)40)12-32-28(45)34-38-8-7-37(29(38)46)31(27(43)44)11-20-25(42)19(26(20)49-31)10-23(41)24(21-14-48-17(3)33-21)35-47-30(4,5)16(2)39/h9,13-14,19-20,26H,7-8,10-12H2,1-6H3,(H,43,44)(H2,32,34,45)/b35-24-/t19-,20?,26-,31-/m1/s1. The van der Waals surface area contributed by atoms with Gasteiger partial charge in [0.2, 0.25) is 0 Å². The van der Waals surface area contributed by atoms with Crippen molar-refractivity contribution in [2.24, 2.45) is 24.0 Å². The number of rotatable bonds is 12. The fourth-order valence-corrected chi connectivity index (χ4v) is 8.39. The molecule has 4 amide bonds. The summed E-state index contributed by atoms with van der Waals surface area (Å²) in [5.74, 6) is -4.02. The fraction of sp³-hybridized carbons (Fsp3) is 0.516. The maximum atomic E-state index is 13.6. The molecule has 5 rings (SSSR count). The Morgan fingerprint density at radius 1 is 1.18 bits per heavy atom. The molecule has 0 radical (unpaired) electrons. The van der Waals surface area contributed by atoms with E-state index < -0.39 is 51.4 Å². The zero-order valence-corrected chi connectivity index (χ0v) is 29.4. The number of ketones is 3. The average Bonchev–Trinajstić information content (AvgIpc) is 3.73. The molecule has 0 spiro atoms. The van der Waals surface area contributed by atoms with Crippen LogP contribution in [0.4, 0.5) is 9.59 Å².